The second-order valence-corrected chi connectivity index (χ2v) is 1.89. The Hall–Kier alpha value is -0.760. The van der Waals surface area contributed by atoms with E-state index in [4.69, 9.17) is 5.21 Å². The Kier molecular flexibility index (Phi) is 3.81. The minimum atomic E-state index is 0. The van der Waals surface area contributed by atoms with Crippen molar-refractivity contribution in [3.63, 3.8) is 0 Å². The van der Waals surface area contributed by atoms with Gasteiger partial charge in [0.1, 0.15) is 0 Å². The van der Waals surface area contributed by atoms with Crippen molar-refractivity contribution >= 4 is 0 Å². The van der Waals surface area contributed by atoms with E-state index in [1.807, 2.05) is 19.1 Å². The summed E-state index contributed by atoms with van der Waals surface area (Å²) >= 11 is 0. The van der Waals surface area contributed by atoms with Crippen molar-refractivity contribution in [1.82, 2.24) is 0 Å². The first-order chi connectivity index (χ1) is 4.34. The SMILES string of the molecule is CCc1cccc[n+]1O.[Cl-]. The van der Waals surface area contributed by atoms with Crippen molar-refractivity contribution in [1.29, 1.82) is 0 Å². The monoisotopic (exact) mass is 159 g/mol. The van der Waals surface area contributed by atoms with E-state index in [-0.39, 0.29) is 12.4 Å². The summed E-state index contributed by atoms with van der Waals surface area (Å²) in [6.45, 7) is 2.00. The lowest BCUT2D eigenvalue weighted by Gasteiger charge is -1.87. The van der Waals surface area contributed by atoms with Gasteiger partial charge in [0.15, 0.2) is 0 Å². The molecule has 0 amide bonds. The van der Waals surface area contributed by atoms with Crippen LogP contribution in [0.4, 0.5) is 0 Å². The molecule has 1 aromatic rings. The highest BCUT2D eigenvalue weighted by Gasteiger charge is 2.01. The van der Waals surface area contributed by atoms with Gasteiger partial charge in [-0.2, -0.15) is 0 Å². The van der Waals surface area contributed by atoms with Crippen molar-refractivity contribution in [2.45, 2.75) is 13.3 Å². The third-order valence-corrected chi connectivity index (χ3v) is 1.28. The van der Waals surface area contributed by atoms with Crippen LogP contribution in [-0.2, 0) is 6.42 Å². The van der Waals surface area contributed by atoms with Gasteiger partial charge in [0.2, 0.25) is 11.9 Å². The van der Waals surface area contributed by atoms with Crippen molar-refractivity contribution in [2.75, 3.05) is 0 Å². The molecule has 0 aromatic carbocycles. The number of aromatic nitrogens is 1. The summed E-state index contributed by atoms with van der Waals surface area (Å²) in [7, 11) is 0. The fraction of sp³-hybridized carbons (Fsp3) is 0.286. The average Bonchev–Trinajstić information content (AvgIpc) is 1.89. The number of halogens is 1. The molecule has 0 aliphatic rings. The van der Waals surface area contributed by atoms with Crippen LogP contribution in [0, 0.1) is 0 Å². The second kappa shape index (κ2) is 4.12. The fourth-order valence-electron chi connectivity index (χ4n) is 0.750. The third-order valence-electron chi connectivity index (χ3n) is 1.28. The van der Waals surface area contributed by atoms with E-state index in [0.717, 1.165) is 16.8 Å². The second-order valence-electron chi connectivity index (χ2n) is 1.89. The van der Waals surface area contributed by atoms with Gasteiger partial charge < -0.3 is 12.4 Å². The molecular formula is C7H10ClNO. The quantitative estimate of drug-likeness (QED) is 0.364. The molecule has 0 spiro atoms. The van der Waals surface area contributed by atoms with Crippen LogP contribution in [0.1, 0.15) is 12.6 Å². The topological polar surface area (TPSA) is 24.1 Å². The molecule has 0 saturated carbocycles. The largest absolute Gasteiger partial charge is 1.00 e. The van der Waals surface area contributed by atoms with Gasteiger partial charge in [-0.1, -0.05) is 6.92 Å². The molecule has 1 rings (SSSR count). The van der Waals surface area contributed by atoms with Crippen LogP contribution in [0.25, 0.3) is 0 Å². The van der Waals surface area contributed by atoms with Crippen LogP contribution < -0.4 is 17.1 Å². The van der Waals surface area contributed by atoms with Gasteiger partial charge in [-0.3, -0.25) is 5.21 Å². The highest BCUT2D eigenvalue weighted by Crippen LogP contribution is 1.88. The lowest BCUT2D eigenvalue weighted by Crippen LogP contribution is -3.00. The Balaban J connectivity index is 0.000000810. The number of hydrogen-bond donors (Lipinski definition) is 1. The first-order valence-corrected chi connectivity index (χ1v) is 3.03. The molecule has 56 valence electrons. The Labute approximate surface area is 66.5 Å². The molecule has 0 saturated heterocycles. The summed E-state index contributed by atoms with van der Waals surface area (Å²) in [5, 5.41) is 9.03. The maximum Gasteiger partial charge on any atom is 0.233 e. The lowest BCUT2D eigenvalue weighted by atomic mass is 10.3. The first-order valence-electron chi connectivity index (χ1n) is 3.03. The molecule has 1 heterocycles. The fourth-order valence-corrected chi connectivity index (χ4v) is 0.750. The molecule has 0 atom stereocenters. The van der Waals surface area contributed by atoms with E-state index < -0.39 is 0 Å². The Bertz CT molecular complexity index is 203. The van der Waals surface area contributed by atoms with Crippen LogP contribution in [0.15, 0.2) is 24.4 Å². The first kappa shape index (κ1) is 9.24. The molecule has 1 N–H and O–H groups in total. The molecular weight excluding hydrogens is 150 g/mol. The summed E-state index contributed by atoms with van der Waals surface area (Å²) in [4.78, 5) is 0. The number of hydrogen-bond acceptors (Lipinski definition) is 1. The van der Waals surface area contributed by atoms with Crippen molar-refractivity contribution in [3.8, 4) is 0 Å². The van der Waals surface area contributed by atoms with E-state index in [9.17, 15) is 0 Å². The molecule has 0 unspecified atom stereocenters. The summed E-state index contributed by atoms with van der Waals surface area (Å²) in [5.41, 5.74) is 0.928. The van der Waals surface area contributed by atoms with Gasteiger partial charge in [-0.15, -0.1) is 0 Å². The van der Waals surface area contributed by atoms with E-state index >= 15 is 0 Å². The predicted octanol–water partition coefficient (Wildman–Crippen LogP) is -2.22. The molecule has 2 nitrogen and oxygen atoms in total. The average molecular weight is 160 g/mol. The molecule has 0 aliphatic carbocycles. The Morgan fingerprint density at radius 2 is 2.20 bits per heavy atom. The minimum Gasteiger partial charge on any atom is -1.00 e. The van der Waals surface area contributed by atoms with Crippen LogP contribution in [-0.4, -0.2) is 5.21 Å². The van der Waals surface area contributed by atoms with Gasteiger partial charge in [0, 0.05) is 23.3 Å². The molecule has 0 bridgehead atoms. The molecule has 10 heavy (non-hydrogen) atoms. The highest BCUT2D eigenvalue weighted by molar-refractivity contribution is 4.95. The van der Waals surface area contributed by atoms with Crippen molar-refractivity contribution < 1.29 is 22.3 Å². The van der Waals surface area contributed by atoms with Crippen LogP contribution in [0.3, 0.4) is 0 Å². The highest BCUT2D eigenvalue weighted by atomic mass is 35.5. The normalized spacial score (nSPS) is 8.50. The minimum absolute atomic E-state index is 0. The number of aryl methyl sites for hydroxylation is 1. The molecule has 0 fully saturated rings. The zero-order valence-electron chi connectivity index (χ0n) is 5.79. The van der Waals surface area contributed by atoms with Gasteiger partial charge in [-0.05, 0) is 6.07 Å². The van der Waals surface area contributed by atoms with E-state index in [0.29, 0.717) is 0 Å². The molecule has 3 heteroatoms. The maximum absolute atomic E-state index is 9.03. The standard InChI is InChI=1S/C7H10NO.ClH/c1-2-7-5-3-4-6-8(7)9;/h3-6,9H,2H2,1H3;1H/q+1;/p-1. The van der Waals surface area contributed by atoms with Crippen molar-refractivity contribution in [3.05, 3.63) is 30.1 Å². The third kappa shape index (κ3) is 1.88. The Morgan fingerprint density at radius 1 is 1.50 bits per heavy atom. The van der Waals surface area contributed by atoms with E-state index in [2.05, 4.69) is 0 Å². The Morgan fingerprint density at radius 3 is 2.60 bits per heavy atom. The number of pyridine rings is 1. The maximum atomic E-state index is 9.03. The van der Waals surface area contributed by atoms with E-state index in [1.165, 1.54) is 0 Å². The van der Waals surface area contributed by atoms with E-state index in [1.54, 1.807) is 12.3 Å². The zero-order valence-corrected chi connectivity index (χ0v) is 6.54. The summed E-state index contributed by atoms with van der Waals surface area (Å²) in [6.07, 6.45) is 2.48. The van der Waals surface area contributed by atoms with Gasteiger partial charge in [0.05, 0.1) is 0 Å². The van der Waals surface area contributed by atoms with Crippen LogP contribution in [0.5, 0.6) is 0 Å². The summed E-state index contributed by atoms with van der Waals surface area (Å²) in [5.74, 6) is 0. The number of rotatable bonds is 1. The molecule has 0 radical (unpaired) electrons. The van der Waals surface area contributed by atoms with Crippen molar-refractivity contribution in [2.24, 2.45) is 0 Å². The van der Waals surface area contributed by atoms with Crippen LogP contribution in [0.2, 0.25) is 0 Å². The molecule has 0 aliphatic heterocycles. The van der Waals surface area contributed by atoms with Crippen LogP contribution >= 0.6 is 0 Å². The summed E-state index contributed by atoms with van der Waals surface area (Å²) in [6, 6.07) is 5.59. The van der Waals surface area contributed by atoms with Gasteiger partial charge in [-0.25, -0.2) is 0 Å². The zero-order chi connectivity index (χ0) is 6.69. The smallest absolute Gasteiger partial charge is 0.233 e. The molecule has 1 aromatic heterocycles. The number of nitrogens with zero attached hydrogens (tertiary/aromatic N) is 1. The lowest BCUT2D eigenvalue weighted by molar-refractivity contribution is -0.909. The van der Waals surface area contributed by atoms with Gasteiger partial charge >= 0.3 is 0 Å². The predicted molar refractivity (Wildman–Crippen MR) is 33.2 cm³/mol. The summed E-state index contributed by atoms with van der Waals surface area (Å²) < 4.78 is 1.14. The van der Waals surface area contributed by atoms with Gasteiger partial charge in [0.25, 0.3) is 0 Å².